The van der Waals surface area contributed by atoms with Gasteiger partial charge in [-0.3, -0.25) is 9.89 Å². The summed E-state index contributed by atoms with van der Waals surface area (Å²) in [6, 6.07) is 12.8. The molecule has 8 heteroatoms. The Morgan fingerprint density at radius 1 is 1.22 bits per heavy atom. The predicted octanol–water partition coefficient (Wildman–Crippen LogP) is 2.74. The first-order chi connectivity index (χ1) is 13.0. The number of fused-ring (bicyclic) bond motifs is 1. The number of aromatic amines is 2. The Morgan fingerprint density at radius 3 is 2.70 bits per heavy atom. The highest BCUT2D eigenvalue weighted by Crippen LogP contribution is 2.35. The number of carbonyl (C=O) groups excluding carboxylic acids is 1. The highest BCUT2D eigenvalue weighted by atomic mass is 16.3. The van der Waals surface area contributed by atoms with Crippen molar-refractivity contribution in [1.82, 2.24) is 20.2 Å². The summed E-state index contributed by atoms with van der Waals surface area (Å²) in [7, 11) is 0. The highest BCUT2D eigenvalue weighted by Gasteiger charge is 2.18. The van der Waals surface area contributed by atoms with Gasteiger partial charge in [-0.15, -0.1) is 0 Å². The minimum Gasteiger partial charge on any atom is -0.504 e. The number of nitrogens with two attached hydrogens (primary N) is 1. The van der Waals surface area contributed by atoms with Crippen molar-refractivity contribution < 1.29 is 9.90 Å². The minimum atomic E-state index is -0.143. The number of amides is 1. The molecule has 136 valence electrons. The fraction of sp³-hybridized carbons (Fsp3) is 0.105. The number of carbonyl (C=O) groups is 1. The van der Waals surface area contributed by atoms with Gasteiger partial charge >= 0.3 is 0 Å². The molecule has 0 aliphatic rings. The molecular formula is C19H18N6O2. The number of benzene rings is 2. The minimum absolute atomic E-state index is 0.000353. The maximum Gasteiger partial charge on any atom is 0.221 e. The van der Waals surface area contributed by atoms with Crippen LogP contribution in [0.3, 0.4) is 0 Å². The number of hydrogen-bond acceptors (Lipinski definition) is 5. The van der Waals surface area contributed by atoms with Crippen LogP contribution >= 0.6 is 0 Å². The average molecular weight is 362 g/mol. The fourth-order valence-corrected chi connectivity index (χ4v) is 2.92. The van der Waals surface area contributed by atoms with Crippen LogP contribution in [0.4, 0.5) is 5.69 Å². The van der Waals surface area contributed by atoms with Gasteiger partial charge in [0.1, 0.15) is 11.4 Å². The molecule has 4 rings (SSSR count). The Labute approximate surface area is 154 Å². The second-order valence-corrected chi connectivity index (χ2v) is 6.20. The van der Waals surface area contributed by atoms with E-state index in [0.717, 1.165) is 16.6 Å². The van der Waals surface area contributed by atoms with Gasteiger partial charge in [0, 0.05) is 24.7 Å². The number of anilines is 1. The smallest absolute Gasteiger partial charge is 0.221 e. The summed E-state index contributed by atoms with van der Waals surface area (Å²) in [5, 5.41) is 20.4. The van der Waals surface area contributed by atoms with Gasteiger partial charge in [0.05, 0.1) is 11.0 Å². The molecule has 4 aromatic rings. The lowest BCUT2D eigenvalue weighted by atomic mass is 10.1. The molecule has 0 fully saturated rings. The van der Waals surface area contributed by atoms with Gasteiger partial charge < -0.3 is 21.1 Å². The predicted molar refractivity (Wildman–Crippen MR) is 103 cm³/mol. The van der Waals surface area contributed by atoms with E-state index in [0.29, 0.717) is 35.0 Å². The van der Waals surface area contributed by atoms with Crippen LogP contribution in [-0.2, 0) is 11.3 Å². The van der Waals surface area contributed by atoms with Crippen molar-refractivity contribution in [3.05, 3.63) is 48.0 Å². The zero-order chi connectivity index (χ0) is 19.0. The third-order valence-electron chi connectivity index (χ3n) is 4.24. The van der Waals surface area contributed by atoms with Crippen LogP contribution in [0.15, 0.2) is 42.5 Å². The van der Waals surface area contributed by atoms with E-state index in [9.17, 15) is 9.90 Å². The lowest BCUT2D eigenvalue weighted by Gasteiger charge is -2.03. The Kier molecular flexibility index (Phi) is 4.09. The van der Waals surface area contributed by atoms with E-state index < -0.39 is 0 Å². The SMILES string of the molecule is CC(=O)Nc1ccc(-c2n[nH]c(-c3nc4ccc(CN)cc4[nH]3)c2O)cc1. The summed E-state index contributed by atoms with van der Waals surface area (Å²) in [6.07, 6.45) is 0. The molecule has 2 aromatic carbocycles. The molecule has 6 N–H and O–H groups in total. The number of H-pyrrole nitrogens is 2. The summed E-state index contributed by atoms with van der Waals surface area (Å²) in [5.74, 6) is 0.348. The molecule has 1 amide bonds. The molecule has 0 radical (unpaired) electrons. The molecule has 0 aliphatic carbocycles. The van der Waals surface area contributed by atoms with Gasteiger partial charge in [-0.05, 0) is 29.8 Å². The van der Waals surface area contributed by atoms with Crippen molar-refractivity contribution in [1.29, 1.82) is 0 Å². The van der Waals surface area contributed by atoms with Crippen molar-refractivity contribution in [3.63, 3.8) is 0 Å². The van der Waals surface area contributed by atoms with Crippen LogP contribution in [-0.4, -0.2) is 31.2 Å². The summed E-state index contributed by atoms with van der Waals surface area (Å²) in [5.41, 5.74) is 10.5. The van der Waals surface area contributed by atoms with E-state index in [4.69, 9.17) is 5.73 Å². The third kappa shape index (κ3) is 3.13. The summed E-state index contributed by atoms with van der Waals surface area (Å²) < 4.78 is 0. The average Bonchev–Trinajstić information content (AvgIpc) is 3.24. The van der Waals surface area contributed by atoms with Gasteiger partial charge in [-0.25, -0.2) is 4.98 Å². The molecule has 0 saturated carbocycles. The number of nitrogens with zero attached hydrogens (tertiary/aromatic N) is 2. The third-order valence-corrected chi connectivity index (χ3v) is 4.24. The zero-order valence-electron chi connectivity index (χ0n) is 14.6. The van der Waals surface area contributed by atoms with Crippen molar-refractivity contribution >= 4 is 22.6 Å². The zero-order valence-corrected chi connectivity index (χ0v) is 14.6. The molecule has 27 heavy (non-hydrogen) atoms. The maximum atomic E-state index is 11.1. The number of aromatic hydroxyl groups is 1. The maximum absolute atomic E-state index is 11.1. The van der Waals surface area contributed by atoms with Gasteiger partial charge in [0.2, 0.25) is 5.91 Å². The molecule has 0 bridgehead atoms. The second-order valence-electron chi connectivity index (χ2n) is 6.20. The van der Waals surface area contributed by atoms with Gasteiger partial charge in [-0.2, -0.15) is 5.10 Å². The molecular weight excluding hydrogens is 344 g/mol. The topological polar surface area (TPSA) is 133 Å². The van der Waals surface area contributed by atoms with Crippen LogP contribution in [0.2, 0.25) is 0 Å². The van der Waals surface area contributed by atoms with Crippen LogP contribution in [0.25, 0.3) is 33.8 Å². The van der Waals surface area contributed by atoms with E-state index >= 15 is 0 Å². The molecule has 0 atom stereocenters. The van der Waals surface area contributed by atoms with Crippen molar-refractivity contribution in [2.24, 2.45) is 5.73 Å². The largest absolute Gasteiger partial charge is 0.504 e. The first kappa shape index (κ1) is 16.8. The van der Waals surface area contributed by atoms with Crippen molar-refractivity contribution in [2.45, 2.75) is 13.5 Å². The summed E-state index contributed by atoms with van der Waals surface area (Å²) in [6.45, 7) is 1.89. The lowest BCUT2D eigenvalue weighted by molar-refractivity contribution is -0.114. The molecule has 0 saturated heterocycles. The Morgan fingerprint density at radius 2 is 2.00 bits per heavy atom. The van der Waals surface area contributed by atoms with Crippen LogP contribution < -0.4 is 11.1 Å². The van der Waals surface area contributed by atoms with Gasteiger partial charge in [-0.1, -0.05) is 18.2 Å². The summed E-state index contributed by atoms with van der Waals surface area (Å²) in [4.78, 5) is 18.8. The van der Waals surface area contributed by atoms with E-state index in [1.165, 1.54) is 6.92 Å². The molecule has 2 aromatic heterocycles. The van der Waals surface area contributed by atoms with E-state index in [2.05, 4.69) is 25.5 Å². The van der Waals surface area contributed by atoms with Crippen LogP contribution in [0.5, 0.6) is 5.75 Å². The Hall–Kier alpha value is -3.65. The van der Waals surface area contributed by atoms with Gasteiger partial charge in [0.15, 0.2) is 11.6 Å². The number of rotatable bonds is 4. The Balaban J connectivity index is 1.68. The number of aromatic nitrogens is 4. The standard InChI is InChI=1S/C19H18N6O2/c1-10(26)21-13-5-3-12(4-6-13)16-18(27)17(25-24-16)19-22-14-7-2-11(9-20)8-15(14)23-19/h2-8,27H,9,20H2,1H3,(H,21,26)(H,22,23)(H,24,25). The molecule has 0 spiro atoms. The first-order valence-corrected chi connectivity index (χ1v) is 8.39. The van der Waals surface area contributed by atoms with E-state index in [1.807, 2.05) is 18.2 Å². The normalized spacial score (nSPS) is 11.0. The Bertz CT molecular complexity index is 1130. The van der Waals surface area contributed by atoms with Crippen LogP contribution in [0.1, 0.15) is 12.5 Å². The van der Waals surface area contributed by atoms with Crippen LogP contribution in [0, 0.1) is 0 Å². The van der Waals surface area contributed by atoms with Crippen molar-refractivity contribution in [2.75, 3.05) is 5.32 Å². The monoisotopic (exact) mass is 362 g/mol. The highest BCUT2D eigenvalue weighted by molar-refractivity contribution is 5.89. The number of imidazole rings is 1. The van der Waals surface area contributed by atoms with Crippen molar-refractivity contribution in [3.8, 4) is 28.5 Å². The lowest BCUT2D eigenvalue weighted by Crippen LogP contribution is -2.05. The first-order valence-electron chi connectivity index (χ1n) is 8.39. The van der Waals surface area contributed by atoms with Gasteiger partial charge in [0.25, 0.3) is 0 Å². The quantitative estimate of drug-likeness (QED) is 0.381. The number of hydrogen-bond donors (Lipinski definition) is 5. The molecule has 8 nitrogen and oxygen atoms in total. The van der Waals surface area contributed by atoms with E-state index in [-0.39, 0.29) is 11.7 Å². The summed E-state index contributed by atoms with van der Waals surface area (Å²) >= 11 is 0. The molecule has 0 aliphatic heterocycles. The fourth-order valence-electron chi connectivity index (χ4n) is 2.92. The molecule has 2 heterocycles. The molecule has 0 unspecified atom stereocenters. The van der Waals surface area contributed by atoms with E-state index in [1.54, 1.807) is 24.3 Å². The second kappa shape index (κ2) is 6.58. The number of nitrogens with one attached hydrogen (secondary N) is 3.